The standard InChI is InChI=1S/C10H14N5O7P.C5H10O5/c11-8-5-9(13-2-12-8)15(3-14-5)10-7(17)6(16)4(22-10)1-21-23(18,19)20;6-1-3(8)5(10)4(9)2-7/h2-4,6-7,10,16-17H,1H2,(H2,11,12,13)(H2,18,19,20);1,3-5,7-10H,2H2/t4-,6-,7-,10-;/m1./s1. The topological polar surface area (TPSA) is 284 Å². The maximum atomic E-state index is 10.7. The fourth-order valence-electron chi connectivity index (χ4n) is 2.74. The Balaban J connectivity index is 0.000000328. The maximum Gasteiger partial charge on any atom is 0.469 e. The van der Waals surface area contributed by atoms with Gasteiger partial charge < -0.3 is 55.7 Å². The minimum absolute atomic E-state index is 0.0869. The number of aromatic nitrogens is 4. The molecule has 0 bridgehead atoms. The first-order valence-corrected chi connectivity index (χ1v) is 10.7. The number of carbonyl (C=O) groups excluding carboxylic acids is 1. The van der Waals surface area contributed by atoms with Crippen LogP contribution in [0.2, 0.25) is 0 Å². The van der Waals surface area contributed by atoms with Gasteiger partial charge in [-0.1, -0.05) is 0 Å². The molecule has 0 saturated carbocycles. The highest BCUT2D eigenvalue weighted by atomic mass is 31.2. The summed E-state index contributed by atoms with van der Waals surface area (Å²) in [7, 11) is -4.72. The van der Waals surface area contributed by atoms with Crippen molar-refractivity contribution < 1.29 is 59.0 Å². The Morgan fingerprint density at radius 3 is 2.45 bits per heavy atom. The molecule has 0 spiro atoms. The molecule has 1 saturated heterocycles. The average molecular weight is 497 g/mol. The normalized spacial score (nSPS) is 25.8. The number of fused-ring (bicyclic) bond motifs is 1. The molecule has 186 valence electrons. The molecule has 1 aliphatic rings. The fraction of sp³-hybridized carbons (Fsp3) is 0.600. The molecule has 0 amide bonds. The number of hydrogen-bond donors (Lipinski definition) is 9. The molecule has 3 unspecified atom stereocenters. The summed E-state index contributed by atoms with van der Waals surface area (Å²) in [5, 5.41) is 54.1. The highest BCUT2D eigenvalue weighted by Gasteiger charge is 2.45. The van der Waals surface area contributed by atoms with Gasteiger partial charge in [-0.3, -0.25) is 9.09 Å². The van der Waals surface area contributed by atoms with Crippen LogP contribution in [0.5, 0.6) is 0 Å². The van der Waals surface area contributed by atoms with Crippen LogP contribution in [0.15, 0.2) is 12.7 Å². The van der Waals surface area contributed by atoms with Gasteiger partial charge >= 0.3 is 7.82 Å². The van der Waals surface area contributed by atoms with E-state index in [9.17, 15) is 19.6 Å². The van der Waals surface area contributed by atoms with Crippen molar-refractivity contribution in [2.24, 2.45) is 0 Å². The molecule has 0 radical (unpaired) electrons. The van der Waals surface area contributed by atoms with E-state index in [1.165, 1.54) is 17.2 Å². The highest BCUT2D eigenvalue weighted by Crippen LogP contribution is 2.38. The molecular formula is C15H24N5O12P. The number of aldehydes is 1. The van der Waals surface area contributed by atoms with Crippen molar-refractivity contribution in [1.82, 2.24) is 19.5 Å². The van der Waals surface area contributed by atoms with Gasteiger partial charge in [-0.15, -0.1) is 0 Å². The van der Waals surface area contributed by atoms with E-state index in [1.54, 1.807) is 0 Å². The third-order valence-electron chi connectivity index (χ3n) is 4.48. The number of aliphatic hydroxyl groups excluding tert-OH is 6. The lowest BCUT2D eigenvalue weighted by atomic mass is 10.1. The lowest BCUT2D eigenvalue weighted by Gasteiger charge is -2.16. The lowest BCUT2D eigenvalue weighted by molar-refractivity contribution is -0.127. The number of rotatable bonds is 8. The van der Waals surface area contributed by atoms with Crippen LogP contribution in [0.4, 0.5) is 5.82 Å². The smallest absolute Gasteiger partial charge is 0.394 e. The van der Waals surface area contributed by atoms with Crippen LogP contribution in [0, 0.1) is 0 Å². The number of ether oxygens (including phenoxy) is 1. The third-order valence-corrected chi connectivity index (χ3v) is 4.96. The monoisotopic (exact) mass is 497 g/mol. The van der Waals surface area contributed by atoms with E-state index in [1.807, 2.05) is 0 Å². The second kappa shape index (κ2) is 11.3. The zero-order valence-electron chi connectivity index (χ0n) is 16.7. The van der Waals surface area contributed by atoms with E-state index >= 15 is 0 Å². The average Bonchev–Trinajstić information content (AvgIpc) is 3.32. The van der Waals surface area contributed by atoms with E-state index < -0.39 is 63.9 Å². The Morgan fingerprint density at radius 1 is 1.21 bits per heavy atom. The zero-order chi connectivity index (χ0) is 24.9. The van der Waals surface area contributed by atoms with Crippen molar-refractivity contribution in [3.63, 3.8) is 0 Å². The molecule has 1 aliphatic heterocycles. The van der Waals surface area contributed by atoms with Crippen LogP contribution in [0.3, 0.4) is 0 Å². The summed E-state index contributed by atoms with van der Waals surface area (Å²) in [4.78, 5) is 39.0. The Labute approximate surface area is 184 Å². The maximum absolute atomic E-state index is 10.7. The predicted octanol–water partition coefficient (Wildman–Crippen LogP) is -4.60. The molecule has 3 heterocycles. The van der Waals surface area contributed by atoms with Gasteiger partial charge in [0.2, 0.25) is 0 Å². The van der Waals surface area contributed by atoms with Crippen LogP contribution >= 0.6 is 7.82 Å². The second-order valence-electron chi connectivity index (χ2n) is 6.78. The van der Waals surface area contributed by atoms with E-state index in [2.05, 4.69) is 19.5 Å². The summed E-state index contributed by atoms with van der Waals surface area (Å²) in [6, 6.07) is 0. The summed E-state index contributed by atoms with van der Waals surface area (Å²) >= 11 is 0. The van der Waals surface area contributed by atoms with Gasteiger partial charge in [0.25, 0.3) is 0 Å². The van der Waals surface area contributed by atoms with Gasteiger partial charge in [-0.05, 0) is 0 Å². The van der Waals surface area contributed by atoms with Crippen LogP contribution < -0.4 is 5.73 Å². The second-order valence-corrected chi connectivity index (χ2v) is 8.02. The van der Waals surface area contributed by atoms with E-state index in [-0.39, 0.29) is 17.8 Å². The number of phosphoric acid groups is 1. The number of nitrogen functional groups attached to an aromatic ring is 1. The molecule has 18 heteroatoms. The van der Waals surface area contributed by atoms with Crippen LogP contribution in [0.25, 0.3) is 11.2 Å². The summed E-state index contributed by atoms with van der Waals surface area (Å²) in [6.07, 6.45) is -7.12. The van der Waals surface area contributed by atoms with Gasteiger partial charge in [0.05, 0.1) is 19.5 Å². The number of aliphatic hydroxyl groups is 6. The molecule has 1 fully saturated rings. The molecule has 0 aromatic carbocycles. The number of carbonyl (C=O) groups is 1. The SMILES string of the molecule is Nc1ncnc2c1ncn2[C@@H]1O[C@H](COP(=O)(O)O)[C@@H](O)[C@H]1O.O=CC(O)C(O)C(O)CO. The van der Waals surface area contributed by atoms with Gasteiger partial charge in [-0.25, -0.2) is 19.5 Å². The lowest BCUT2D eigenvalue weighted by Crippen LogP contribution is -2.40. The van der Waals surface area contributed by atoms with Crippen molar-refractivity contribution in [3.05, 3.63) is 12.7 Å². The van der Waals surface area contributed by atoms with E-state index in [0.29, 0.717) is 5.52 Å². The summed E-state index contributed by atoms with van der Waals surface area (Å²) in [6.45, 7) is -1.28. The summed E-state index contributed by atoms with van der Waals surface area (Å²) in [5.74, 6) is 0.142. The van der Waals surface area contributed by atoms with Crippen molar-refractivity contribution in [2.75, 3.05) is 18.9 Å². The molecule has 10 N–H and O–H groups in total. The molecule has 17 nitrogen and oxygen atoms in total. The van der Waals surface area contributed by atoms with Crippen molar-refractivity contribution in [1.29, 1.82) is 0 Å². The first kappa shape index (κ1) is 27.1. The molecule has 0 aliphatic carbocycles. The summed E-state index contributed by atoms with van der Waals surface area (Å²) < 4.78 is 21.8. The molecule has 3 rings (SSSR count). The summed E-state index contributed by atoms with van der Waals surface area (Å²) in [5.41, 5.74) is 6.25. The van der Waals surface area contributed by atoms with E-state index in [4.69, 9.17) is 40.7 Å². The quantitative estimate of drug-likeness (QED) is 0.122. The van der Waals surface area contributed by atoms with E-state index in [0.717, 1.165) is 0 Å². The largest absolute Gasteiger partial charge is 0.469 e. The Morgan fingerprint density at radius 2 is 1.88 bits per heavy atom. The van der Waals surface area contributed by atoms with Crippen molar-refractivity contribution in [2.45, 2.75) is 42.9 Å². The van der Waals surface area contributed by atoms with Crippen LogP contribution in [0.1, 0.15) is 6.23 Å². The molecule has 2 aromatic heterocycles. The molecular weight excluding hydrogens is 473 g/mol. The third kappa shape index (κ3) is 6.69. The van der Waals surface area contributed by atoms with Crippen molar-refractivity contribution in [3.8, 4) is 0 Å². The minimum atomic E-state index is -4.72. The molecule has 2 aromatic rings. The number of nitrogens with zero attached hydrogens (tertiary/aromatic N) is 4. The number of anilines is 1. The number of phosphoric ester groups is 1. The Kier molecular flexibility index (Phi) is 9.29. The first-order valence-electron chi connectivity index (χ1n) is 9.16. The predicted molar refractivity (Wildman–Crippen MR) is 105 cm³/mol. The Bertz CT molecular complexity index is 972. The minimum Gasteiger partial charge on any atom is -0.394 e. The zero-order valence-corrected chi connectivity index (χ0v) is 17.6. The first-order chi connectivity index (χ1) is 15.4. The molecule has 33 heavy (non-hydrogen) atoms. The molecule has 7 atom stereocenters. The van der Waals surface area contributed by atoms with Gasteiger partial charge in [-0.2, -0.15) is 0 Å². The van der Waals surface area contributed by atoms with Gasteiger partial charge in [0.1, 0.15) is 48.5 Å². The fourth-order valence-corrected chi connectivity index (χ4v) is 3.08. The van der Waals surface area contributed by atoms with Crippen LogP contribution in [-0.4, -0.2) is 116 Å². The number of hydrogen-bond acceptors (Lipinski definition) is 14. The number of nitrogens with two attached hydrogens (primary N) is 1. The number of imidazole rings is 1. The van der Waals surface area contributed by atoms with Gasteiger partial charge in [0.15, 0.2) is 24.0 Å². The van der Waals surface area contributed by atoms with Crippen LogP contribution in [-0.2, 0) is 18.6 Å². The Hall–Kier alpha value is -2.15. The van der Waals surface area contributed by atoms with Gasteiger partial charge in [0, 0.05) is 0 Å². The van der Waals surface area contributed by atoms with Crippen molar-refractivity contribution >= 4 is 31.1 Å². The highest BCUT2D eigenvalue weighted by molar-refractivity contribution is 7.46.